The summed E-state index contributed by atoms with van der Waals surface area (Å²) in [5.74, 6) is 0. The van der Waals surface area contributed by atoms with E-state index >= 15 is 0 Å². The molecule has 0 amide bonds. The molecule has 3 aromatic rings. The largest absolute Gasteiger partial charge is 0.266 e. The van der Waals surface area contributed by atoms with Gasteiger partial charge in [0.2, 0.25) is 10.0 Å². The van der Waals surface area contributed by atoms with E-state index in [4.69, 9.17) is 0 Å². The molecule has 5 nitrogen and oxygen atoms in total. The molecule has 0 unspecified atom stereocenters. The van der Waals surface area contributed by atoms with Gasteiger partial charge in [-0.15, -0.1) is 11.3 Å². The molecule has 0 N–H and O–H groups in total. The standard InChI is InChI=1S/C18H21N3O2S2/c1-3-21(4-2)25(22,23)17-14-20(13-15-9-6-5-7-10-15)19-18(17)16-11-8-12-24-16/h5-12,14H,3-4,13H2,1-2H3. The Hall–Kier alpha value is -1.96. The number of sulfonamides is 1. The Bertz CT molecular complexity index is 913. The van der Waals surface area contributed by atoms with Crippen molar-refractivity contribution >= 4 is 21.4 Å². The van der Waals surface area contributed by atoms with Crippen LogP contribution in [0.5, 0.6) is 0 Å². The molecule has 0 aliphatic heterocycles. The molecular weight excluding hydrogens is 354 g/mol. The molecule has 0 radical (unpaired) electrons. The van der Waals surface area contributed by atoms with Gasteiger partial charge in [-0.1, -0.05) is 50.2 Å². The van der Waals surface area contributed by atoms with Gasteiger partial charge in [0.25, 0.3) is 0 Å². The summed E-state index contributed by atoms with van der Waals surface area (Å²) in [5, 5.41) is 6.52. The normalized spacial score (nSPS) is 12.0. The van der Waals surface area contributed by atoms with Crippen molar-refractivity contribution in [1.29, 1.82) is 0 Å². The fourth-order valence-corrected chi connectivity index (χ4v) is 5.13. The summed E-state index contributed by atoms with van der Waals surface area (Å²) < 4.78 is 29.3. The first-order chi connectivity index (χ1) is 12.1. The van der Waals surface area contributed by atoms with Crippen molar-refractivity contribution in [2.45, 2.75) is 25.3 Å². The first kappa shape index (κ1) is 17.8. The third kappa shape index (κ3) is 3.68. The van der Waals surface area contributed by atoms with Crippen LogP contribution >= 0.6 is 11.3 Å². The first-order valence-corrected chi connectivity index (χ1v) is 10.5. The van der Waals surface area contributed by atoms with Gasteiger partial charge < -0.3 is 0 Å². The fourth-order valence-electron chi connectivity index (χ4n) is 2.73. The smallest absolute Gasteiger partial charge is 0.246 e. The second-order valence-corrected chi connectivity index (χ2v) is 8.45. The number of rotatable bonds is 7. The molecule has 0 bridgehead atoms. The zero-order valence-corrected chi connectivity index (χ0v) is 15.9. The van der Waals surface area contributed by atoms with Gasteiger partial charge in [0.1, 0.15) is 10.6 Å². The van der Waals surface area contributed by atoms with Gasteiger partial charge >= 0.3 is 0 Å². The highest BCUT2D eigenvalue weighted by Crippen LogP contribution is 2.31. The van der Waals surface area contributed by atoms with E-state index in [1.807, 2.05) is 61.7 Å². The first-order valence-electron chi connectivity index (χ1n) is 8.21. The molecule has 0 spiro atoms. The lowest BCUT2D eigenvalue weighted by molar-refractivity contribution is 0.445. The Morgan fingerprint density at radius 1 is 1.08 bits per heavy atom. The second kappa shape index (κ2) is 7.51. The minimum atomic E-state index is -3.57. The quantitative estimate of drug-likeness (QED) is 0.633. The lowest BCUT2D eigenvalue weighted by atomic mass is 10.2. The average molecular weight is 376 g/mol. The number of benzene rings is 1. The van der Waals surface area contributed by atoms with E-state index < -0.39 is 10.0 Å². The number of hydrogen-bond donors (Lipinski definition) is 0. The molecular formula is C18H21N3O2S2. The third-order valence-corrected chi connectivity index (χ3v) is 6.92. The van der Waals surface area contributed by atoms with Crippen LogP contribution in [0.2, 0.25) is 0 Å². The monoisotopic (exact) mass is 375 g/mol. The number of nitrogens with zero attached hydrogens (tertiary/aromatic N) is 3. The zero-order chi connectivity index (χ0) is 17.9. The Labute approximate surface area is 152 Å². The maximum absolute atomic E-state index is 13.1. The highest BCUT2D eigenvalue weighted by atomic mass is 32.2. The maximum Gasteiger partial charge on any atom is 0.246 e. The molecule has 0 fully saturated rings. The lowest BCUT2D eigenvalue weighted by Crippen LogP contribution is -2.30. The van der Waals surface area contributed by atoms with Crippen LogP contribution in [0.25, 0.3) is 10.6 Å². The lowest BCUT2D eigenvalue weighted by Gasteiger charge is -2.17. The number of thiophene rings is 1. The highest BCUT2D eigenvalue weighted by Gasteiger charge is 2.28. The van der Waals surface area contributed by atoms with Gasteiger partial charge in [0.05, 0.1) is 11.4 Å². The summed E-state index contributed by atoms with van der Waals surface area (Å²) in [4.78, 5) is 1.13. The molecule has 0 aliphatic rings. The minimum absolute atomic E-state index is 0.273. The summed E-state index contributed by atoms with van der Waals surface area (Å²) in [7, 11) is -3.57. The van der Waals surface area contributed by atoms with Crippen molar-refractivity contribution in [1.82, 2.24) is 14.1 Å². The molecule has 25 heavy (non-hydrogen) atoms. The van der Waals surface area contributed by atoms with E-state index in [0.717, 1.165) is 10.4 Å². The SMILES string of the molecule is CCN(CC)S(=O)(=O)c1cn(Cc2ccccc2)nc1-c1cccs1. The van der Waals surface area contributed by atoms with Crippen LogP contribution < -0.4 is 0 Å². The molecule has 0 saturated carbocycles. The van der Waals surface area contributed by atoms with E-state index in [2.05, 4.69) is 5.10 Å². The van der Waals surface area contributed by atoms with Gasteiger partial charge in [-0.05, 0) is 17.0 Å². The van der Waals surface area contributed by atoms with Gasteiger partial charge in [-0.3, -0.25) is 4.68 Å². The average Bonchev–Trinajstić information content (AvgIpc) is 3.26. The molecule has 0 atom stereocenters. The Morgan fingerprint density at radius 3 is 2.40 bits per heavy atom. The van der Waals surface area contributed by atoms with Crippen LogP contribution in [-0.2, 0) is 16.6 Å². The van der Waals surface area contributed by atoms with Crippen LogP contribution in [-0.4, -0.2) is 35.6 Å². The Kier molecular flexibility index (Phi) is 5.36. The van der Waals surface area contributed by atoms with Crippen LogP contribution in [0.4, 0.5) is 0 Å². The number of aromatic nitrogens is 2. The highest BCUT2D eigenvalue weighted by molar-refractivity contribution is 7.89. The topological polar surface area (TPSA) is 55.2 Å². The van der Waals surface area contributed by atoms with Crippen LogP contribution in [0.1, 0.15) is 19.4 Å². The predicted molar refractivity (Wildman–Crippen MR) is 101 cm³/mol. The minimum Gasteiger partial charge on any atom is -0.266 e. The molecule has 7 heteroatoms. The fraction of sp³-hybridized carbons (Fsp3) is 0.278. The van der Waals surface area contributed by atoms with E-state index in [1.54, 1.807) is 10.9 Å². The molecule has 2 heterocycles. The van der Waals surface area contributed by atoms with Gasteiger partial charge in [0.15, 0.2) is 0 Å². The second-order valence-electron chi connectivity index (χ2n) is 5.59. The van der Waals surface area contributed by atoms with Crippen LogP contribution in [0.3, 0.4) is 0 Å². The molecule has 3 rings (SSSR count). The Balaban J connectivity index is 2.07. The van der Waals surface area contributed by atoms with Crippen molar-refractivity contribution in [2.75, 3.05) is 13.1 Å². The Morgan fingerprint density at radius 2 is 1.80 bits per heavy atom. The third-order valence-electron chi connectivity index (χ3n) is 3.99. The van der Waals surface area contributed by atoms with Gasteiger partial charge in [-0.2, -0.15) is 9.40 Å². The maximum atomic E-state index is 13.1. The van der Waals surface area contributed by atoms with Crippen molar-refractivity contribution in [3.8, 4) is 10.6 Å². The van der Waals surface area contributed by atoms with Crippen LogP contribution in [0, 0.1) is 0 Å². The molecule has 132 valence electrons. The zero-order valence-electron chi connectivity index (χ0n) is 14.3. The van der Waals surface area contributed by atoms with Crippen LogP contribution in [0.15, 0.2) is 58.9 Å². The van der Waals surface area contributed by atoms with Crippen molar-refractivity contribution in [2.24, 2.45) is 0 Å². The van der Waals surface area contributed by atoms with Crippen molar-refractivity contribution in [3.05, 3.63) is 59.6 Å². The summed E-state index contributed by atoms with van der Waals surface area (Å²) in [5.41, 5.74) is 1.60. The van der Waals surface area contributed by atoms with Crippen molar-refractivity contribution < 1.29 is 8.42 Å². The molecule has 0 aliphatic carbocycles. The van der Waals surface area contributed by atoms with E-state index in [1.165, 1.54) is 15.6 Å². The predicted octanol–water partition coefficient (Wildman–Crippen LogP) is 3.69. The molecule has 0 saturated heterocycles. The van der Waals surface area contributed by atoms with Crippen molar-refractivity contribution in [3.63, 3.8) is 0 Å². The molecule has 1 aromatic carbocycles. The summed E-state index contributed by atoms with van der Waals surface area (Å²) in [6.45, 7) is 5.10. The summed E-state index contributed by atoms with van der Waals surface area (Å²) in [6, 6.07) is 13.7. The van der Waals surface area contributed by atoms with E-state index in [-0.39, 0.29) is 4.90 Å². The van der Waals surface area contributed by atoms with Gasteiger partial charge in [0, 0.05) is 19.3 Å². The summed E-state index contributed by atoms with van der Waals surface area (Å²) >= 11 is 1.49. The number of hydrogen-bond acceptors (Lipinski definition) is 4. The van der Waals surface area contributed by atoms with E-state index in [9.17, 15) is 8.42 Å². The summed E-state index contributed by atoms with van der Waals surface area (Å²) in [6.07, 6.45) is 1.65. The van der Waals surface area contributed by atoms with E-state index in [0.29, 0.717) is 25.3 Å². The van der Waals surface area contributed by atoms with Gasteiger partial charge in [-0.25, -0.2) is 8.42 Å². The molecule has 2 aromatic heterocycles.